The van der Waals surface area contributed by atoms with Crippen LogP contribution in [0, 0.1) is 20.2 Å². The number of nitro groups is 2. The molecule has 0 aliphatic rings. The minimum absolute atomic E-state index is 0.401. The molecule has 0 heterocycles. The first-order chi connectivity index (χ1) is 11.1. The zero-order valence-corrected chi connectivity index (χ0v) is 13.2. The van der Waals surface area contributed by atoms with E-state index in [2.05, 4.69) is 0 Å². The second-order valence-corrected chi connectivity index (χ2v) is 9.80. The second kappa shape index (κ2) is 5.98. The maximum atomic E-state index is 12.3. The van der Waals surface area contributed by atoms with Crippen molar-refractivity contribution in [3.8, 4) is 0 Å². The standard InChI is InChI=1S/C12H8N2O8S2/c15-13(16)9-1-5-11(6-2-9)23(19,20)24(21,22)12-7-3-10(4-8-12)14(17)18/h1-8H. The summed E-state index contributed by atoms with van der Waals surface area (Å²) in [5.41, 5.74) is -0.802. The van der Waals surface area contributed by atoms with Crippen molar-refractivity contribution in [2.24, 2.45) is 0 Å². The third-order valence-corrected chi connectivity index (χ3v) is 8.13. The summed E-state index contributed by atoms with van der Waals surface area (Å²) >= 11 is 0. The Hall–Kier alpha value is -2.86. The lowest BCUT2D eigenvalue weighted by atomic mass is 10.3. The van der Waals surface area contributed by atoms with Crippen molar-refractivity contribution in [3.05, 3.63) is 68.8 Å². The summed E-state index contributed by atoms with van der Waals surface area (Å²) in [6.45, 7) is 0. The first-order valence-corrected chi connectivity index (χ1v) is 9.54. The molecular formula is C12H8N2O8S2. The van der Waals surface area contributed by atoms with Crippen LogP contribution in [0.5, 0.6) is 0 Å². The van der Waals surface area contributed by atoms with Gasteiger partial charge in [-0.15, -0.1) is 0 Å². The number of rotatable bonds is 5. The van der Waals surface area contributed by atoms with E-state index in [0.717, 1.165) is 48.5 Å². The molecule has 0 spiro atoms. The van der Waals surface area contributed by atoms with Crippen molar-refractivity contribution in [2.75, 3.05) is 0 Å². The van der Waals surface area contributed by atoms with Gasteiger partial charge in [0.05, 0.1) is 19.6 Å². The van der Waals surface area contributed by atoms with Gasteiger partial charge in [0.25, 0.3) is 29.1 Å². The Bertz CT molecular complexity index is 924. The molecule has 0 N–H and O–H groups in total. The molecule has 0 amide bonds. The first kappa shape index (κ1) is 17.5. The summed E-state index contributed by atoms with van der Waals surface area (Å²) in [6, 6.07) is 6.65. The fraction of sp³-hybridized carbons (Fsp3) is 0. The molecule has 2 rings (SSSR count). The molecule has 0 atom stereocenters. The van der Waals surface area contributed by atoms with E-state index >= 15 is 0 Å². The Kier molecular flexibility index (Phi) is 4.36. The molecule has 2 aromatic carbocycles. The molecule has 0 aromatic heterocycles. The predicted octanol–water partition coefficient (Wildman–Crippen LogP) is 1.67. The SMILES string of the molecule is O=[N+]([O-])c1ccc(S(=O)(=O)S(=O)(=O)c2ccc([N+](=O)[O-])cc2)cc1. The van der Waals surface area contributed by atoms with Crippen LogP contribution in [0.4, 0.5) is 11.4 Å². The van der Waals surface area contributed by atoms with Gasteiger partial charge in [0.2, 0.25) is 0 Å². The summed E-state index contributed by atoms with van der Waals surface area (Å²) in [5, 5.41) is 21.1. The smallest absolute Gasteiger partial charge is 0.258 e. The summed E-state index contributed by atoms with van der Waals surface area (Å²) in [5.74, 6) is 0. The summed E-state index contributed by atoms with van der Waals surface area (Å²) in [6.07, 6.45) is 0. The first-order valence-electron chi connectivity index (χ1n) is 6.06. The average Bonchev–Trinajstić information content (AvgIpc) is 2.54. The molecule has 0 aliphatic heterocycles. The van der Waals surface area contributed by atoms with Crippen molar-refractivity contribution < 1.29 is 26.7 Å². The summed E-state index contributed by atoms with van der Waals surface area (Å²) < 4.78 is 49.1. The Morgan fingerprint density at radius 3 is 1.04 bits per heavy atom. The van der Waals surface area contributed by atoms with E-state index in [-0.39, 0.29) is 0 Å². The van der Waals surface area contributed by atoms with Crippen LogP contribution in [0.2, 0.25) is 0 Å². The van der Waals surface area contributed by atoms with Gasteiger partial charge in [-0.25, -0.2) is 16.8 Å². The van der Waals surface area contributed by atoms with E-state index in [4.69, 9.17) is 0 Å². The molecule has 126 valence electrons. The highest BCUT2D eigenvalue weighted by molar-refractivity contribution is 8.67. The molecule has 0 bridgehead atoms. The molecule has 2 aromatic rings. The molecule has 12 heteroatoms. The van der Waals surface area contributed by atoms with Crippen LogP contribution in [-0.2, 0) is 17.7 Å². The van der Waals surface area contributed by atoms with Crippen LogP contribution in [0.25, 0.3) is 0 Å². The number of hydrogen-bond donors (Lipinski definition) is 0. The molecule has 0 saturated carbocycles. The van der Waals surface area contributed by atoms with E-state index < -0.39 is 48.8 Å². The number of hydrogen-bond acceptors (Lipinski definition) is 8. The molecular weight excluding hydrogens is 364 g/mol. The molecule has 0 fully saturated rings. The topological polar surface area (TPSA) is 155 Å². The van der Waals surface area contributed by atoms with E-state index in [1.165, 1.54) is 0 Å². The van der Waals surface area contributed by atoms with E-state index in [1.54, 1.807) is 0 Å². The van der Waals surface area contributed by atoms with Crippen molar-refractivity contribution in [1.29, 1.82) is 0 Å². The van der Waals surface area contributed by atoms with Gasteiger partial charge in [0.15, 0.2) is 0 Å². The third-order valence-electron chi connectivity index (χ3n) is 2.96. The number of non-ortho nitro benzene ring substituents is 2. The van der Waals surface area contributed by atoms with Crippen molar-refractivity contribution in [3.63, 3.8) is 0 Å². The Labute approximate surface area is 134 Å². The Morgan fingerprint density at radius 2 is 0.833 bits per heavy atom. The van der Waals surface area contributed by atoms with Gasteiger partial charge in [-0.3, -0.25) is 20.2 Å². The number of benzene rings is 2. The predicted molar refractivity (Wildman–Crippen MR) is 80.6 cm³/mol. The van der Waals surface area contributed by atoms with Crippen molar-refractivity contribution in [2.45, 2.75) is 9.79 Å². The van der Waals surface area contributed by atoms with Gasteiger partial charge in [-0.05, 0) is 24.3 Å². The zero-order chi connectivity index (χ0) is 18.1. The second-order valence-electron chi connectivity index (χ2n) is 4.41. The highest BCUT2D eigenvalue weighted by Gasteiger charge is 2.34. The number of nitrogens with zero attached hydrogens (tertiary/aromatic N) is 2. The molecule has 0 unspecified atom stereocenters. The average molecular weight is 372 g/mol. The van der Waals surface area contributed by atoms with Crippen LogP contribution in [-0.4, -0.2) is 26.7 Å². The van der Waals surface area contributed by atoms with Crippen LogP contribution >= 0.6 is 0 Å². The Balaban J connectivity index is 2.50. The van der Waals surface area contributed by atoms with Gasteiger partial charge < -0.3 is 0 Å². The minimum Gasteiger partial charge on any atom is -0.258 e. The maximum absolute atomic E-state index is 12.3. The molecule has 0 saturated heterocycles. The van der Waals surface area contributed by atoms with Crippen LogP contribution in [0.3, 0.4) is 0 Å². The van der Waals surface area contributed by atoms with E-state index in [0.29, 0.717) is 0 Å². The molecule has 24 heavy (non-hydrogen) atoms. The maximum Gasteiger partial charge on any atom is 0.286 e. The Morgan fingerprint density at radius 1 is 0.583 bits per heavy atom. The summed E-state index contributed by atoms with van der Waals surface area (Å²) in [4.78, 5) is 18.3. The quantitative estimate of drug-likeness (QED) is 0.436. The van der Waals surface area contributed by atoms with Gasteiger partial charge in [-0.1, -0.05) is 0 Å². The van der Waals surface area contributed by atoms with E-state index in [9.17, 15) is 37.1 Å². The van der Waals surface area contributed by atoms with Gasteiger partial charge in [-0.2, -0.15) is 0 Å². The number of nitro benzene ring substituents is 2. The van der Waals surface area contributed by atoms with E-state index in [1.807, 2.05) is 0 Å². The van der Waals surface area contributed by atoms with Crippen LogP contribution < -0.4 is 0 Å². The van der Waals surface area contributed by atoms with Gasteiger partial charge >= 0.3 is 0 Å². The summed E-state index contributed by atoms with van der Waals surface area (Å²) in [7, 11) is -9.77. The largest absolute Gasteiger partial charge is 0.286 e. The molecule has 10 nitrogen and oxygen atoms in total. The fourth-order valence-corrected chi connectivity index (χ4v) is 5.35. The van der Waals surface area contributed by atoms with Gasteiger partial charge in [0, 0.05) is 24.3 Å². The van der Waals surface area contributed by atoms with Gasteiger partial charge in [0.1, 0.15) is 0 Å². The zero-order valence-electron chi connectivity index (χ0n) is 11.6. The van der Waals surface area contributed by atoms with Crippen molar-refractivity contribution in [1.82, 2.24) is 0 Å². The lowest BCUT2D eigenvalue weighted by Crippen LogP contribution is -2.16. The lowest BCUT2D eigenvalue weighted by Gasteiger charge is -2.06. The normalized spacial score (nSPS) is 11.8. The highest BCUT2D eigenvalue weighted by atomic mass is 33.2. The highest BCUT2D eigenvalue weighted by Crippen LogP contribution is 2.27. The lowest BCUT2D eigenvalue weighted by molar-refractivity contribution is -0.385. The minimum atomic E-state index is -4.89. The molecule has 0 radical (unpaired) electrons. The monoisotopic (exact) mass is 372 g/mol. The fourth-order valence-electron chi connectivity index (χ4n) is 1.72. The molecule has 0 aliphatic carbocycles. The van der Waals surface area contributed by atoms with Crippen molar-refractivity contribution >= 4 is 29.1 Å². The third kappa shape index (κ3) is 2.96. The van der Waals surface area contributed by atoms with Crippen LogP contribution in [0.15, 0.2) is 58.3 Å². The van der Waals surface area contributed by atoms with Crippen LogP contribution in [0.1, 0.15) is 0 Å².